The second-order valence-electron chi connectivity index (χ2n) is 11.0. The number of H-pyrrole nitrogens is 1. The van der Waals surface area contributed by atoms with E-state index in [0.717, 1.165) is 46.3 Å². The van der Waals surface area contributed by atoms with Gasteiger partial charge in [-0.3, -0.25) is 4.90 Å². The molecule has 3 aliphatic rings. The number of rotatable bonds is 6. The van der Waals surface area contributed by atoms with Crippen LogP contribution in [0.25, 0.3) is 10.9 Å². The number of piperidine rings is 1. The number of hydrogen-bond donors (Lipinski definition) is 3. The molecular weight excluding hydrogens is 550 g/mol. The first-order valence-corrected chi connectivity index (χ1v) is 13.6. The molecule has 0 bridgehead atoms. The Balaban J connectivity index is 1.10. The molecule has 1 amide bonds. The Hall–Kier alpha value is -3.37. The lowest BCUT2D eigenvalue weighted by molar-refractivity contribution is 0.0511. The van der Waals surface area contributed by atoms with Crippen LogP contribution in [0.2, 0.25) is 0 Å². The molecule has 10 heteroatoms. The van der Waals surface area contributed by atoms with E-state index in [1.165, 1.54) is 0 Å². The summed E-state index contributed by atoms with van der Waals surface area (Å²) in [4.78, 5) is 28.0. The van der Waals surface area contributed by atoms with E-state index in [2.05, 4.69) is 36.3 Å². The van der Waals surface area contributed by atoms with Gasteiger partial charge in [-0.2, -0.15) is 0 Å². The predicted octanol–water partition coefficient (Wildman–Crippen LogP) is 4.95. The summed E-state index contributed by atoms with van der Waals surface area (Å²) in [5.41, 5.74) is 3.75. The van der Waals surface area contributed by atoms with E-state index in [0.29, 0.717) is 35.4 Å². The quantitative estimate of drug-likeness (QED) is 0.283. The zero-order valence-electron chi connectivity index (χ0n) is 21.5. The second kappa shape index (κ2) is 9.43. The van der Waals surface area contributed by atoms with E-state index in [-0.39, 0.29) is 18.0 Å². The molecular formula is C28H30BrN5O4. The minimum absolute atomic E-state index is 0.0446. The first-order valence-electron chi connectivity index (χ1n) is 12.8. The Morgan fingerprint density at radius 3 is 2.76 bits per heavy atom. The minimum atomic E-state index is -0.493. The van der Waals surface area contributed by atoms with Gasteiger partial charge in [0.2, 0.25) is 0 Å². The summed E-state index contributed by atoms with van der Waals surface area (Å²) in [6.07, 6.45) is -0.342. The first-order chi connectivity index (χ1) is 18.2. The van der Waals surface area contributed by atoms with E-state index in [4.69, 9.17) is 14.6 Å². The van der Waals surface area contributed by atoms with Gasteiger partial charge in [0.15, 0.2) is 5.88 Å². The number of hydrogen-bond acceptors (Lipinski definition) is 7. The van der Waals surface area contributed by atoms with Crippen LogP contribution in [-0.2, 0) is 9.57 Å². The number of alkyl carbamates (subject to hydrolysis) is 1. The summed E-state index contributed by atoms with van der Waals surface area (Å²) >= 11 is 3.52. The molecule has 6 rings (SSSR count). The fourth-order valence-corrected chi connectivity index (χ4v) is 5.82. The van der Waals surface area contributed by atoms with Crippen LogP contribution in [0.15, 0.2) is 57.1 Å². The van der Waals surface area contributed by atoms with Crippen molar-refractivity contribution in [1.82, 2.24) is 15.2 Å². The summed E-state index contributed by atoms with van der Waals surface area (Å²) in [5, 5.41) is 19.1. The molecule has 2 aliphatic heterocycles. The van der Waals surface area contributed by atoms with E-state index in [1.807, 2.05) is 63.2 Å². The molecule has 38 heavy (non-hydrogen) atoms. The molecule has 3 aromatic rings. The highest BCUT2D eigenvalue weighted by Crippen LogP contribution is 2.45. The number of ether oxygens (including phenoxy) is 1. The Morgan fingerprint density at radius 1 is 1.24 bits per heavy atom. The Kier molecular flexibility index (Phi) is 6.19. The predicted molar refractivity (Wildman–Crippen MR) is 149 cm³/mol. The molecule has 0 spiro atoms. The lowest BCUT2D eigenvalue weighted by Crippen LogP contribution is -2.38. The van der Waals surface area contributed by atoms with Crippen LogP contribution >= 0.6 is 15.9 Å². The average Bonchev–Trinajstić information content (AvgIpc) is 3.19. The van der Waals surface area contributed by atoms with Gasteiger partial charge in [-0.1, -0.05) is 39.3 Å². The average molecular weight is 580 g/mol. The Morgan fingerprint density at radius 2 is 2.00 bits per heavy atom. The first kappa shape index (κ1) is 24.9. The number of likely N-dealkylation sites (tertiary alicyclic amines) is 1. The van der Waals surface area contributed by atoms with Gasteiger partial charge >= 0.3 is 6.09 Å². The Bertz CT molecular complexity index is 1460. The maximum Gasteiger partial charge on any atom is 0.407 e. The fraction of sp³-hybridized carbons (Fsp3) is 0.393. The van der Waals surface area contributed by atoms with Crippen LogP contribution in [0.5, 0.6) is 5.88 Å². The van der Waals surface area contributed by atoms with E-state index >= 15 is 0 Å². The molecule has 1 unspecified atom stereocenters. The number of aliphatic imine (C=N–C) groups is 1. The Labute approximate surface area is 229 Å². The van der Waals surface area contributed by atoms with E-state index in [9.17, 15) is 9.90 Å². The third-order valence-corrected chi connectivity index (χ3v) is 7.69. The van der Waals surface area contributed by atoms with Crippen LogP contribution in [0.1, 0.15) is 31.9 Å². The van der Waals surface area contributed by atoms with Crippen molar-refractivity contribution in [2.24, 2.45) is 22.0 Å². The van der Waals surface area contributed by atoms with Gasteiger partial charge in [-0.25, -0.2) is 9.79 Å². The molecule has 9 nitrogen and oxygen atoms in total. The molecule has 3 N–H and O–H groups in total. The van der Waals surface area contributed by atoms with Crippen LogP contribution in [0.4, 0.5) is 10.5 Å². The van der Waals surface area contributed by atoms with Crippen LogP contribution < -0.4 is 5.32 Å². The van der Waals surface area contributed by atoms with Crippen LogP contribution in [0, 0.1) is 11.8 Å². The minimum Gasteiger partial charge on any atom is -0.494 e. The molecule has 3 heterocycles. The number of carbonyl (C=O) groups excluding carboxylic acids is 1. The molecule has 1 aliphatic carbocycles. The molecule has 3 atom stereocenters. The largest absolute Gasteiger partial charge is 0.494 e. The zero-order valence-corrected chi connectivity index (χ0v) is 23.1. The summed E-state index contributed by atoms with van der Waals surface area (Å²) in [5.74, 6) is 0.958. The molecule has 1 saturated heterocycles. The van der Waals surface area contributed by atoms with Crippen molar-refractivity contribution < 1.29 is 19.5 Å². The molecule has 198 valence electrons. The lowest BCUT2D eigenvalue weighted by Gasteiger charge is -2.22. The number of amides is 1. The second-order valence-corrected chi connectivity index (χ2v) is 12.0. The maximum atomic E-state index is 12.1. The van der Waals surface area contributed by atoms with Gasteiger partial charge in [0, 0.05) is 46.6 Å². The van der Waals surface area contributed by atoms with Crippen molar-refractivity contribution in [2.45, 2.75) is 32.4 Å². The molecule has 2 aromatic carbocycles. The number of nitrogens with one attached hydrogen (secondary N) is 2. The third-order valence-electron chi connectivity index (χ3n) is 7.20. The number of halogens is 1. The summed E-state index contributed by atoms with van der Waals surface area (Å²) < 4.78 is 6.28. The number of fused-ring (bicyclic) bond motifs is 3. The summed E-state index contributed by atoms with van der Waals surface area (Å²) in [6.45, 7) is 8.60. The van der Waals surface area contributed by atoms with Gasteiger partial charge in [-0.15, -0.1) is 0 Å². The maximum absolute atomic E-state index is 12.1. The number of aromatic nitrogens is 1. The standard InChI is InChI=1S/C28H30BrN5O4/c1-28(2,3)38-27(36)32-23-18-13-34(14-19(18)23)10-11-37-33-24-16-6-4-5-7-20(16)30-25(24)22-17-12-15(29)8-9-21(17)31-26(22)35/h4-9,12,18-19,23,31,35H,10-11,13-14H2,1-3H3,(H,32,36)/t18-,19+,23?. The van der Waals surface area contributed by atoms with E-state index < -0.39 is 5.60 Å². The van der Waals surface area contributed by atoms with Crippen LogP contribution in [-0.4, -0.2) is 70.4 Å². The van der Waals surface area contributed by atoms with Gasteiger partial charge in [-0.05, 0) is 56.9 Å². The summed E-state index contributed by atoms with van der Waals surface area (Å²) in [7, 11) is 0. The van der Waals surface area contributed by atoms with Crippen molar-refractivity contribution in [2.75, 3.05) is 26.2 Å². The van der Waals surface area contributed by atoms with Gasteiger partial charge < -0.3 is 25.0 Å². The smallest absolute Gasteiger partial charge is 0.407 e. The number of para-hydroxylation sites is 1. The fourth-order valence-electron chi connectivity index (χ4n) is 5.46. The topological polar surface area (TPSA) is 112 Å². The van der Waals surface area contributed by atoms with Crippen LogP contribution in [0.3, 0.4) is 0 Å². The SMILES string of the molecule is CC(C)(C)OC(=O)NC1[C@H]2CN(CCON=C3C(c4c(O)[nH]c5ccc(Br)cc45)=Nc4ccccc43)C[C@@H]12. The number of carbonyl (C=O) groups is 1. The van der Waals surface area contributed by atoms with Gasteiger partial charge in [0.05, 0.1) is 11.3 Å². The summed E-state index contributed by atoms with van der Waals surface area (Å²) in [6, 6.07) is 13.7. The number of aromatic hydroxyl groups is 1. The normalized spacial score (nSPS) is 23.3. The third kappa shape index (κ3) is 4.78. The molecule has 1 saturated carbocycles. The highest BCUT2D eigenvalue weighted by atomic mass is 79.9. The monoisotopic (exact) mass is 579 g/mol. The highest BCUT2D eigenvalue weighted by molar-refractivity contribution is 9.10. The van der Waals surface area contributed by atoms with Crippen molar-refractivity contribution in [1.29, 1.82) is 0 Å². The van der Waals surface area contributed by atoms with Gasteiger partial charge in [0.1, 0.15) is 23.6 Å². The van der Waals surface area contributed by atoms with Crippen molar-refractivity contribution >= 4 is 50.0 Å². The van der Waals surface area contributed by atoms with Crippen molar-refractivity contribution in [3.05, 3.63) is 58.1 Å². The number of benzene rings is 2. The zero-order chi connectivity index (χ0) is 26.6. The highest BCUT2D eigenvalue weighted by Gasteiger charge is 2.56. The number of oxime groups is 1. The van der Waals surface area contributed by atoms with Crippen molar-refractivity contribution in [3.8, 4) is 5.88 Å². The lowest BCUT2D eigenvalue weighted by atomic mass is 10.0. The number of aromatic amines is 1. The molecule has 0 radical (unpaired) electrons. The molecule has 1 aromatic heterocycles. The van der Waals surface area contributed by atoms with Gasteiger partial charge in [0.25, 0.3) is 0 Å². The molecule has 2 fully saturated rings. The van der Waals surface area contributed by atoms with E-state index in [1.54, 1.807) is 0 Å². The van der Waals surface area contributed by atoms with Crippen molar-refractivity contribution in [3.63, 3.8) is 0 Å². The number of nitrogens with zero attached hydrogens (tertiary/aromatic N) is 3.